The van der Waals surface area contributed by atoms with Crippen molar-refractivity contribution in [3.63, 3.8) is 0 Å². The summed E-state index contributed by atoms with van der Waals surface area (Å²) < 4.78 is 4.68. The molecule has 3 rings (SSSR count). The van der Waals surface area contributed by atoms with Gasteiger partial charge in [-0.05, 0) is 30.3 Å². The highest BCUT2D eigenvalue weighted by molar-refractivity contribution is 6.07. The molecule has 0 unspecified atom stereocenters. The molecule has 0 saturated carbocycles. The molecule has 0 aliphatic carbocycles. The molecule has 25 heavy (non-hydrogen) atoms. The van der Waals surface area contributed by atoms with Crippen LogP contribution >= 0.6 is 12.4 Å². The Morgan fingerprint density at radius 2 is 1.92 bits per heavy atom. The first-order chi connectivity index (χ1) is 11.7. The lowest BCUT2D eigenvalue weighted by Crippen LogP contribution is -2.33. The second-order valence-electron chi connectivity index (χ2n) is 5.25. The number of anilines is 1. The van der Waals surface area contributed by atoms with E-state index in [1.165, 1.54) is 7.11 Å². The van der Waals surface area contributed by atoms with Crippen LogP contribution in [0.4, 0.5) is 5.69 Å². The fraction of sp³-hybridized carbons (Fsp3) is 0.167. The average molecular weight is 360 g/mol. The van der Waals surface area contributed by atoms with Crippen molar-refractivity contribution in [2.24, 2.45) is 0 Å². The number of aromatic nitrogens is 2. The van der Waals surface area contributed by atoms with Crippen LogP contribution in [0.3, 0.4) is 0 Å². The lowest BCUT2D eigenvalue weighted by atomic mass is 10.1. The van der Waals surface area contributed by atoms with Gasteiger partial charge in [0.05, 0.1) is 30.9 Å². The number of imidazole rings is 1. The predicted octanol–water partition coefficient (Wildman–Crippen LogP) is 3.19. The fourth-order valence-electron chi connectivity index (χ4n) is 2.49. The van der Waals surface area contributed by atoms with Gasteiger partial charge in [0.2, 0.25) is 0 Å². The van der Waals surface area contributed by atoms with Gasteiger partial charge in [-0.2, -0.15) is 0 Å². The number of carbonyl (C=O) groups excluding carboxylic acids is 2. The molecule has 1 heterocycles. The van der Waals surface area contributed by atoms with E-state index in [2.05, 4.69) is 14.7 Å². The molecule has 7 heteroatoms. The maximum atomic E-state index is 13.0. The van der Waals surface area contributed by atoms with Crippen molar-refractivity contribution in [3.8, 4) is 0 Å². The van der Waals surface area contributed by atoms with Gasteiger partial charge < -0.3 is 14.6 Å². The molecule has 3 aromatic rings. The number of esters is 1. The first kappa shape index (κ1) is 18.5. The summed E-state index contributed by atoms with van der Waals surface area (Å²) in [6.45, 7) is 0.247. The Morgan fingerprint density at radius 1 is 1.16 bits per heavy atom. The van der Waals surface area contributed by atoms with Crippen LogP contribution in [0, 0.1) is 0 Å². The molecule has 130 valence electrons. The molecular weight excluding hydrogens is 342 g/mol. The first-order valence-electron chi connectivity index (χ1n) is 7.56. The number of aromatic amines is 1. The Hall–Kier alpha value is -2.86. The number of methoxy groups -OCH3 is 1. The summed E-state index contributed by atoms with van der Waals surface area (Å²) in [5.41, 5.74) is 2.85. The highest BCUT2D eigenvalue weighted by atomic mass is 35.5. The van der Waals surface area contributed by atoms with Crippen molar-refractivity contribution in [1.82, 2.24) is 9.97 Å². The zero-order valence-electron chi connectivity index (χ0n) is 13.6. The zero-order chi connectivity index (χ0) is 16.9. The molecule has 0 fully saturated rings. The summed E-state index contributed by atoms with van der Waals surface area (Å²) >= 11 is 0. The van der Waals surface area contributed by atoms with E-state index in [1.54, 1.807) is 29.4 Å². The molecule has 1 aromatic heterocycles. The molecule has 6 nitrogen and oxygen atoms in total. The first-order valence-corrected chi connectivity index (χ1v) is 7.56. The minimum atomic E-state index is -0.354. The molecule has 0 saturated heterocycles. The van der Waals surface area contributed by atoms with Crippen molar-refractivity contribution in [3.05, 3.63) is 60.4 Å². The normalized spacial score (nSPS) is 10.1. The van der Waals surface area contributed by atoms with Crippen LogP contribution in [0.25, 0.3) is 11.0 Å². The summed E-state index contributed by atoms with van der Waals surface area (Å²) in [4.78, 5) is 33.2. The maximum Gasteiger partial charge on any atom is 0.307 e. The van der Waals surface area contributed by atoms with E-state index >= 15 is 0 Å². The monoisotopic (exact) mass is 359 g/mol. The van der Waals surface area contributed by atoms with Crippen LogP contribution < -0.4 is 4.90 Å². The summed E-state index contributed by atoms with van der Waals surface area (Å²) in [6.07, 6.45) is 1.72. The number of hydrogen-bond donors (Lipinski definition) is 1. The minimum Gasteiger partial charge on any atom is -0.469 e. The number of H-pyrrole nitrogens is 1. The molecular formula is C18H18ClN3O3. The van der Waals surface area contributed by atoms with Crippen LogP contribution in [0.1, 0.15) is 16.8 Å². The van der Waals surface area contributed by atoms with Crippen LogP contribution in [0.5, 0.6) is 0 Å². The molecule has 0 spiro atoms. The molecule has 1 N–H and O–H groups in total. The van der Waals surface area contributed by atoms with Gasteiger partial charge in [-0.25, -0.2) is 4.98 Å². The van der Waals surface area contributed by atoms with Gasteiger partial charge in [-0.1, -0.05) is 18.2 Å². The smallest absolute Gasteiger partial charge is 0.307 e. The zero-order valence-corrected chi connectivity index (χ0v) is 14.5. The second-order valence-corrected chi connectivity index (χ2v) is 5.25. The Bertz CT molecular complexity index is 864. The number of rotatable bonds is 5. The van der Waals surface area contributed by atoms with Gasteiger partial charge in [0.25, 0.3) is 5.91 Å². The van der Waals surface area contributed by atoms with Crippen LogP contribution in [-0.4, -0.2) is 35.5 Å². The Labute approximate surface area is 151 Å². The van der Waals surface area contributed by atoms with Crippen molar-refractivity contribution in [2.45, 2.75) is 6.42 Å². The molecule has 0 aliphatic rings. The summed E-state index contributed by atoms with van der Waals surface area (Å²) in [5, 5.41) is 0. The topological polar surface area (TPSA) is 75.3 Å². The summed E-state index contributed by atoms with van der Waals surface area (Å²) in [5.74, 6) is -0.533. The van der Waals surface area contributed by atoms with Gasteiger partial charge in [0.15, 0.2) is 0 Å². The summed E-state index contributed by atoms with van der Waals surface area (Å²) in [6, 6.07) is 14.6. The fourth-order valence-corrected chi connectivity index (χ4v) is 2.49. The second kappa shape index (κ2) is 8.30. The van der Waals surface area contributed by atoms with Crippen molar-refractivity contribution in [1.29, 1.82) is 0 Å². The van der Waals surface area contributed by atoms with Gasteiger partial charge >= 0.3 is 5.97 Å². The van der Waals surface area contributed by atoms with Gasteiger partial charge in [0, 0.05) is 17.8 Å². The van der Waals surface area contributed by atoms with Crippen molar-refractivity contribution >= 4 is 41.0 Å². The van der Waals surface area contributed by atoms with Gasteiger partial charge in [-0.3, -0.25) is 9.59 Å². The van der Waals surface area contributed by atoms with E-state index < -0.39 is 0 Å². The molecule has 1 amide bonds. The Balaban J connectivity index is 0.00000225. The van der Waals surface area contributed by atoms with Gasteiger partial charge in [-0.15, -0.1) is 12.4 Å². The largest absolute Gasteiger partial charge is 0.469 e. The third kappa shape index (κ3) is 4.16. The number of amides is 1. The predicted molar refractivity (Wildman–Crippen MR) is 98.1 cm³/mol. The van der Waals surface area contributed by atoms with Gasteiger partial charge in [0.1, 0.15) is 0 Å². The molecule has 0 radical (unpaired) electrons. The third-order valence-electron chi connectivity index (χ3n) is 3.75. The third-order valence-corrected chi connectivity index (χ3v) is 3.75. The lowest BCUT2D eigenvalue weighted by Gasteiger charge is -2.22. The van der Waals surface area contributed by atoms with E-state index in [-0.39, 0.29) is 37.2 Å². The number of fused-ring (bicyclic) bond motifs is 1. The molecule has 0 bridgehead atoms. The van der Waals surface area contributed by atoms with E-state index in [9.17, 15) is 9.59 Å². The lowest BCUT2D eigenvalue weighted by molar-refractivity contribution is -0.140. The Morgan fingerprint density at radius 3 is 2.64 bits per heavy atom. The van der Waals surface area contributed by atoms with E-state index in [0.717, 1.165) is 16.7 Å². The SMILES string of the molecule is COC(=O)CCN(C(=O)c1ccc2nc[nH]c2c1)c1ccccc1.Cl. The average Bonchev–Trinajstić information content (AvgIpc) is 3.10. The van der Waals surface area contributed by atoms with Crippen LogP contribution in [0.15, 0.2) is 54.9 Å². The number of nitrogens with one attached hydrogen (secondary N) is 1. The van der Waals surface area contributed by atoms with E-state index in [1.807, 2.05) is 30.3 Å². The van der Waals surface area contributed by atoms with E-state index in [0.29, 0.717) is 5.56 Å². The number of halogens is 1. The highest BCUT2D eigenvalue weighted by Gasteiger charge is 2.19. The van der Waals surface area contributed by atoms with Crippen molar-refractivity contribution < 1.29 is 14.3 Å². The van der Waals surface area contributed by atoms with Crippen LogP contribution in [-0.2, 0) is 9.53 Å². The molecule has 2 aromatic carbocycles. The molecule has 0 aliphatic heterocycles. The number of carbonyl (C=O) groups is 2. The number of nitrogens with zero attached hydrogens (tertiary/aromatic N) is 2. The van der Waals surface area contributed by atoms with Crippen molar-refractivity contribution in [2.75, 3.05) is 18.6 Å². The van der Waals surface area contributed by atoms with Crippen LogP contribution in [0.2, 0.25) is 0 Å². The quantitative estimate of drug-likeness (QED) is 0.710. The number of para-hydroxylation sites is 1. The summed E-state index contributed by atoms with van der Waals surface area (Å²) in [7, 11) is 1.34. The maximum absolute atomic E-state index is 13.0. The number of hydrogen-bond acceptors (Lipinski definition) is 4. The minimum absolute atomic E-state index is 0. The number of ether oxygens (including phenoxy) is 1. The number of benzene rings is 2. The molecule has 0 atom stereocenters. The van der Waals surface area contributed by atoms with E-state index in [4.69, 9.17) is 0 Å². The standard InChI is InChI=1S/C18H17N3O3.ClH/c1-24-17(22)9-10-21(14-5-3-2-4-6-14)18(23)13-7-8-15-16(11-13)20-12-19-15;/h2-8,11-12H,9-10H2,1H3,(H,19,20);1H. The Kier molecular flexibility index (Phi) is 6.14. The highest BCUT2D eigenvalue weighted by Crippen LogP contribution is 2.19.